The van der Waals surface area contributed by atoms with Crippen LogP contribution in [0.25, 0.3) is 0 Å². The number of nitrogens with zero attached hydrogens (tertiary/aromatic N) is 2. The average molecular weight is 291 g/mol. The molecule has 0 amide bonds. The minimum Gasteiger partial charge on any atom is -0.476 e. The van der Waals surface area contributed by atoms with Gasteiger partial charge >= 0.3 is 0 Å². The monoisotopic (exact) mass is 291 g/mol. The maximum atomic E-state index is 5.99. The zero-order valence-electron chi connectivity index (χ0n) is 13.9. The molecule has 0 aromatic carbocycles. The van der Waals surface area contributed by atoms with Crippen LogP contribution < -0.4 is 10.5 Å². The van der Waals surface area contributed by atoms with Crippen LogP contribution in [-0.2, 0) is 12.0 Å². The van der Waals surface area contributed by atoms with Crippen LogP contribution in [0.4, 0.5) is 0 Å². The van der Waals surface area contributed by atoms with Crippen molar-refractivity contribution in [1.82, 2.24) is 9.88 Å². The van der Waals surface area contributed by atoms with Crippen molar-refractivity contribution in [2.45, 2.75) is 58.0 Å². The van der Waals surface area contributed by atoms with Crippen molar-refractivity contribution in [1.29, 1.82) is 0 Å². The molecular weight excluding hydrogens is 262 g/mol. The van der Waals surface area contributed by atoms with Crippen molar-refractivity contribution >= 4 is 0 Å². The van der Waals surface area contributed by atoms with E-state index < -0.39 is 0 Å². The number of piperidine rings is 1. The second-order valence-corrected chi connectivity index (χ2v) is 7.09. The van der Waals surface area contributed by atoms with Gasteiger partial charge in [0.25, 0.3) is 0 Å². The Kier molecular flexibility index (Phi) is 5.22. The molecule has 1 atom stereocenters. The van der Waals surface area contributed by atoms with Gasteiger partial charge in [-0.2, -0.15) is 0 Å². The molecule has 2 rings (SSSR count). The molecule has 0 bridgehead atoms. The topological polar surface area (TPSA) is 51.4 Å². The van der Waals surface area contributed by atoms with Gasteiger partial charge in [-0.1, -0.05) is 27.2 Å². The maximum Gasteiger partial charge on any atom is 0.213 e. The quantitative estimate of drug-likeness (QED) is 0.926. The van der Waals surface area contributed by atoms with Gasteiger partial charge in [-0.3, -0.25) is 0 Å². The summed E-state index contributed by atoms with van der Waals surface area (Å²) in [5.74, 6) is 0.710. The van der Waals surface area contributed by atoms with Gasteiger partial charge in [-0.25, -0.2) is 4.98 Å². The minimum absolute atomic E-state index is 0.00488. The number of likely N-dealkylation sites (tertiary alicyclic amines) is 1. The third-order valence-electron chi connectivity index (χ3n) is 4.21. The Morgan fingerprint density at radius 3 is 2.71 bits per heavy atom. The molecule has 0 saturated carbocycles. The molecule has 1 aromatic rings. The summed E-state index contributed by atoms with van der Waals surface area (Å²) in [5, 5.41) is 0. The first-order chi connectivity index (χ1) is 9.90. The van der Waals surface area contributed by atoms with Gasteiger partial charge in [0.2, 0.25) is 5.88 Å². The largest absolute Gasteiger partial charge is 0.476 e. The van der Waals surface area contributed by atoms with Crippen LogP contribution in [-0.4, -0.2) is 36.1 Å². The van der Waals surface area contributed by atoms with E-state index in [2.05, 4.69) is 43.8 Å². The molecule has 1 fully saturated rings. The predicted molar refractivity (Wildman–Crippen MR) is 86.6 cm³/mol. The summed E-state index contributed by atoms with van der Waals surface area (Å²) in [6, 6.07) is 4.55. The summed E-state index contributed by atoms with van der Waals surface area (Å²) in [6.07, 6.45) is 3.79. The van der Waals surface area contributed by atoms with Crippen molar-refractivity contribution in [2.24, 2.45) is 5.73 Å². The Bertz CT molecular complexity index is 468. The highest BCUT2D eigenvalue weighted by molar-refractivity contribution is 5.28. The summed E-state index contributed by atoms with van der Waals surface area (Å²) in [7, 11) is 2.18. The van der Waals surface area contributed by atoms with E-state index in [0.29, 0.717) is 25.1 Å². The summed E-state index contributed by atoms with van der Waals surface area (Å²) < 4.78 is 5.99. The Labute approximate surface area is 128 Å². The van der Waals surface area contributed by atoms with E-state index in [0.717, 1.165) is 17.8 Å². The first-order valence-electron chi connectivity index (χ1n) is 7.94. The van der Waals surface area contributed by atoms with Crippen LogP contribution >= 0.6 is 0 Å². The molecule has 21 heavy (non-hydrogen) atoms. The van der Waals surface area contributed by atoms with Crippen molar-refractivity contribution < 1.29 is 4.74 Å². The lowest BCUT2D eigenvalue weighted by atomic mass is 9.91. The van der Waals surface area contributed by atoms with Crippen LogP contribution in [0.2, 0.25) is 0 Å². The number of pyridine rings is 1. The third-order valence-corrected chi connectivity index (χ3v) is 4.21. The lowest BCUT2D eigenvalue weighted by Crippen LogP contribution is -2.40. The number of nitrogens with two attached hydrogens (primary N) is 1. The Morgan fingerprint density at radius 1 is 1.33 bits per heavy atom. The molecule has 4 nitrogen and oxygen atoms in total. The number of hydrogen-bond donors (Lipinski definition) is 1. The van der Waals surface area contributed by atoms with E-state index >= 15 is 0 Å². The van der Waals surface area contributed by atoms with Gasteiger partial charge in [0.1, 0.15) is 6.61 Å². The van der Waals surface area contributed by atoms with Gasteiger partial charge in [0.05, 0.1) is 5.69 Å². The average Bonchev–Trinajstić information content (AvgIpc) is 2.45. The summed E-state index contributed by atoms with van der Waals surface area (Å²) in [4.78, 5) is 7.06. The Balaban J connectivity index is 2.08. The smallest absolute Gasteiger partial charge is 0.213 e. The normalized spacial score (nSPS) is 20.5. The van der Waals surface area contributed by atoms with E-state index in [1.165, 1.54) is 19.3 Å². The standard InChI is InChI=1S/C17H29N3O/c1-17(2,3)15-9-13(11-18)10-16(19-15)21-12-14-7-5-6-8-20(14)4/h9-10,14H,5-8,11-12,18H2,1-4H3. The zero-order valence-corrected chi connectivity index (χ0v) is 13.9. The van der Waals surface area contributed by atoms with Gasteiger partial charge in [-0.05, 0) is 38.1 Å². The van der Waals surface area contributed by atoms with Crippen molar-refractivity contribution in [3.8, 4) is 5.88 Å². The van der Waals surface area contributed by atoms with Crippen LogP contribution in [0, 0.1) is 0 Å². The molecule has 1 aromatic heterocycles. The van der Waals surface area contributed by atoms with Gasteiger partial charge in [0.15, 0.2) is 0 Å². The fourth-order valence-corrected chi connectivity index (χ4v) is 2.67. The van der Waals surface area contributed by atoms with Gasteiger partial charge in [-0.15, -0.1) is 0 Å². The van der Waals surface area contributed by atoms with Crippen LogP contribution in [0.5, 0.6) is 5.88 Å². The fourth-order valence-electron chi connectivity index (χ4n) is 2.67. The molecular formula is C17H29N3O. The molecule has 0 aliphatic carbocycles. The number of aromatic nitrogens is 1. The van der Waals surface area contributed by atoms with E-state index in [9.17, 15) is 0 Å². The predicted octanol–water partition coefficient (Wildman–Crippen LogP) is 2.70. The lowest BCUT2D eigenvalue weighted by molar-refractivity contribution is 0.122. The van der Waals surface area contributed by atoms with Crippen LogP contribution in [0.15, 0.2) is 12.1 Å². The summed E-state index contributed by atoms with van der Waals surface area (Å²) in [6.45, 7) is 8.88. The van der Waals surface area contributed by atoms with Gasteiger partial charge < -0.3 is 15.4 Å². The summed E-state index contributed by atoms with van der Waals surface area (Å²) in [5.41, 5.74) is 7.93. The Morgan fingerprint density at radius 2 is 2.10 bits per heavy atom. The summed E-state index contributed by atoms with van der Waals surface area (Å²) >= 11 is 0. The van der Waals surface area contributed by atoms with Crippen molar-refractivity contribution in [2.75, 3.05) is 20.2 Å². The van der Waals surface area contributed by atoms with Crippen LogP contribution in [0.3, 0.4) is 0 Å². The molecule has 1 aliphatic heterocycles. The SMILES string of the molecule is CN1CCCCC1COc1cc(CN)cc(C(C)(C)C)n1. The second kappa shape index (κ2) is 6.75. The lowest BCUT2D eigenvalue weighted by Gasteiger charge is -2.32. The first-order valence-corrected chi connectivity index (χ1v) is 7.94. The maximum absolute atomic E-state index is 5.99. The molecule has 0 radical (unpaired) electrons. The molecule has 118 valence electrons. The molecule has 4 heteroatoms. The number of likely N-dealkylation sites (N-methyl/N-ethyl adjacent to an activating group) is 1. The molecule has 1 unspecified atom stereocenters. The van der Waals surface area contributed by atoms with Crippen molar-refractivity contribution in [3.63, 3.8) is 0 Å². The van der Waals surface area contributed by atoms with Crippen LogP contribution in [0.1, 0.15) is 51.3 Å². The minimum atomic E-state index is 0.00488. The first kappa shape index (κ1) is 16.2. The number of hydrogen-bond acceptors (Lipinski definition) is 4. The molecule has 1 saturated heterocycles. The molecule has 0 spiro atoms. The van der Waals surface area contributed by atoms with E-state index in [1.807, 2.05) is 6.07 Å². The van der Waals surface area contributed by atoms with Gasteiger partial charge in [0, 0.05) is 24.1 Å². The molecule has 2 heterocycles. The number of ether oxygens (including phenoxy) is 1. The zero-order chi connectivity index (χ0) is 15.5. The van der Waals surface area contributed by atoms with Crippen molar-refractivity contribution in [3.05, 3.63) is 23.4 Å². The number of rotatable bonds is 4. The van der Waals surface area contributed by atoms with E-state index in [4.69, 9.17) is 10.5 Å². The van der Waals surface area contributed by atoms with E-state index in [-0.39, 0.29) is 5.41 Å². The highest BCUT2D eigenvalue weighted by Crippen LogP contribution is 2.24. The molecule has 2 N–H and O–H groups in total. The highest BCUT2D eigenvalue weighted by Gasteiger charge is 2.21. The molecule has 1 aliphatic rings. The highest BCUT2D eigenvalue weighted by atomic mass is 16.5. The second-order valence-electron chi connectivity index (χ2n) is 7.09. The third kappa shape index (κ3) is 4.42. The fraction of sp³-hybridized carbons (Fsp3) is 0.706. The Hall–Kier alpha value is -1.13. The van der Waals surface area contributed by atoms with E-state index in [1.54, 1.807) is 0 Å².